The molecule has 0 aromatic rings. The topological polar surface area (TPSA) is 78.9 Å². The lowest BCUT2D eigenvalue weighted by Crippen LogP contribution is -2.30. The van der Waals surface area contributed by atoms with Crippen LogP contribution in [0.4, 0.5) is 0 Å². The summed E-state index contributed by atoms with van der Waals surface area (Å²) in [6.07, 6.45) is 71.9. The predicted molar refractivity (Wildman–Crippen MR) is 279 cm³/mol. The average Bonchev–Trinajstić information content (AvgIpc) is 3.30. The van der Waals surface area contributed by atoms with Crippen molar-refractivity contribution in [3.8, 4) is 0 Å². The van der Waals surface area contributed by atoms with E-state index < -0.39 is 6.10 Å². The van der Waals surface area contributed by atoms with Crippen LogP contribution in [0.25, 0.3) is 0 Å². The third-order valence-corrected chi connectivity index (χ3v) is 10.4. The zero-order valence-electron chi connectivity index (χ0n) is 41.7. The van der Waals surface area contributed by atoms with Gasteiger partial charge in [0.15, 0.2) is 6.10 Å². The molecule has 0 aliphatic carbocycles. The van der Waals surface area contributed by atoms with E-state index in [1.807, 2.05) is 0 Å². The van der Waals surface area contributed by atoms with Gasteiger partial charge in [0, 0.05) is 19.3 Å². The highest BCUT2D eigenvalue weighted by Gasteiger charge is 2.19. The van der Waals surface area contributed by atoms with Gasteiger partial charge in [0.25, 0.3) is 0 Å². The standard InChI is InChI=1S/C59H94O6/c1-4-7-10-13-16-19-22-24-26-28-29-31-32-34-37-40-43-46-49-52-58(61)64-55-56(54-63-57(60)51-48-45-42-39-36-21-18-15-12-9-6-3)65-59(62)53-50-47-44-41-38-35-33-30-27-25-23-20-17-14-11-8-5-2/h8,11,15-20,24-27,29,31,33-35,37,41,44,56H,4-7,9-10,12-14,21-23,28,30,32,36,38-40,42-43,45-55H2,1-3H3/b11-8-,18-15-,19-16-,20-17-,26-24-,27-25-,31-29-,35-33-,37-34-,44-41-/t56-/m0/s1. The fourth-order valence-electron chi connectivity index (χ4n) is 6.50. The van der Waals surface area contributed by atoms with Gasteiger partial charge in [-0.2, -0.15) is 0 Å². The number of hydrogen-bond acceptors (Lipinski definition) is 6. The van der Waals surface area contributed by atoms with Crippen LogP contribution in [-0.2, 0) is 28.6 Å². The van der Waals surface area contributed by atoms with Crippen molar-refractivity contribution in [3.63, 3.8) is 0 Å². The summed E-state index contributed by atoms with van der Waals surface area (Å²) >= 11 is 0. The summed E-state index contributed by atoms with van der Waals surface area (Å²) in [6, 6.07) is 0. The number of carbonyl (C=O) groups is 3. The van der Waals surface area contributed by atoms with Crippen molar-refractivity contribution in [2.24, 2.45) is 0 Å². The lowest BCUT2D eigenvalue weighted by atomic mass is 10.1. The molecule has 0 bridgehead atoms. The Morgan fingerprint density at radius 1 is 0.323 bits per heavy atom. The van der Waals surface area contributed by atoms with Crippen LogP contribution in [0.1, 0.15) is 213 Å². The summed E-state index contributed by atoms with van der Waals surface area (Å²) in [5.41, 5.74) is 0. The van der Waals surface area contributed by atoms with E-state index in [1.165, 1.54) is 51.4 Å². The Balaban J connectivity index is 4.55. The van der Waals surface area contributed by atoms with Crippen molar-refractivity contribution in [2.75, 3.05) is 13.2 Å². The summed E-state index contributed by atoms with van der Waals surface area (Å²) in [5, 5.41) is 0. The number of esters is 3. The number of rotatable bonds is 45. The van der Waals surface area contributed by atoms with E-state index in [0.717, 1.165) is 116 Å². The van der Waals surface area contributed by atoms with Crippen LogP contribution in [0.2, 0.25) is 0 Å². The van der Waals surface area contributed by atoms with E-state index in [4.69, 9.17) is 14.2 Å². The van der Waals surface area contributed by atoms with Crippen LogP contribution < -0.4 is 0 Å². The molecule has 0 aromatic carbocycles. The molecule has 0 unspecified atom stereocenters. The van der Waals surface area contributed by atoms with Gasteiger partial charge in [0.1, 0.15) is 13.2 Å². The third-order valence-electron chi connectivity index (χ3n) is 10.4. The first-order chi connectivity index (χ1) is 32.0. The van der Waals surface area contributed by atoms with E-state index >= 15 is 0 Å². The Morgan fingerprint density at radius 3 is 1.06 bits per heavy atom. The molecule has 0 amide bonds. The van der Waals surface area contributed by atoms with Crippen molar-refractivity contribution in [1.82, 2.24) is 0 Å². The predicted octanol–water partition coefficient (Wildman–Crippen LogP) is 17.3. The van der Waals surface area contributed by atoms with Gasteiger partial charge < -0.3 is 14.2 Å². The summed E-state index contributed by atoms with van der Waals surface area (Å²) in [6.45, 7) is 6.35. The number of allylic oxidation sites excluding steroid dienone is 20. The minimum absolute atomic E-state index is 0.119. The van der Waals surface area contributed by atoms with Crippen LogP contribution in [0, 0.1) is 0 Å². The van der Waals surface area contributed by atoms with Crippen molar-refractivity contribution in [1.29, 1.82) is 0 Å². The van der Waals surface area contributed by atoms with Gasteiger partial charge in [-0.1, -0.05) is 194 Å². The smallest absolute Gasteiger partial charge is 0.306 e. The van der Waals surface area contributed by atoms with E-state index in [0.29, 0.717) is 19.3 Å². The molecule has 0 aliphatic rings. The Kier molecular flexibility index (Phi) is 49.1. The molecule has 0 aliphatic heterocycles. The second kappa shape index (κ2) is 52.4. The molecular weight excluding hydrogens is 805 g/mol. The molecular formula is C59H94O6. The van der Waals surface area contributed by atoms with Crippen LogP contribution in [0.15, 0.2) is 122 Å². The third kappa shape index (κ3) is 50.7. The van der Waals surface area contributed by atoms with Crippen LogP contribution in [0.3, 0.4) is 0 Å². The molecule has 6 nitrogen and oxygen atoms in total. The van der Waals surface area contributed by atoms with Crippen molar-refractivity contribution < 1.29 is 28.6 Å². The van der Waals surface area contributed by atoms with E-state index in [-0.39, 0.29) is 37.5 Å². The van der Waals surface area contributed by atoms with Gasteiger partial charge in [-0.15, -0.1) is 0 Å². The summed E-state index contributed by atoms with van der Waals surface area (Å²) in [7, 11) is 0. The zero-order valence-corrected chi connectivity index (χ0v) is 41.7. The second-order valence-electron chi connectivity index (χ2n) is 16.7. The SMILES string of the molecule is CC/C=C\C/C=C\C/C=C\C/C=C\C/C=C\CCCC(=O)O[C@H](COC(=O)CCCCC/C=C\C/C=C\C/C=C\C/C=C\CCCCC)COC(=O)CCCCCCC/C=C\CCCC. The number of unbranched alkanes of at least 4 members (excludes halogenated alkanes) is 14. The molecule has 6 heteroatoms. The van der Waals surface area contributed by atoms with E-state index in [9.17, 15) is 14.4 Å². The molecule has 366 valence electrons. The highest BCUT2D eigenvalue weighted by Crippen LogP contribution is 2.11. The summed E-state index contributed by atoms with van der Waals surface area (Å²) < 4.78 is 16.7. The van der Waals surface area contributed by atoms with Gasteiger partial charge >= 0.3 is 17.9 Å². The number of hydrogen-bond donors (Lipinski definition) is 0. The zero-order chi connectivity index (χ0) is 47.2. The molecule has 0 rings (SSSR count). The first-order valence-electron chi connectivity index (χ1n) is 26.0. The maximum Gasteiger partial charge on any atom is 0.306 e. The molecule has 0 N–H and O–H groups in total. The van der Waals surface area contributed by atoms with Gasteiger partial charge in [-0.25, -0.2) is 0 Å². The Bertz CT molecular complexity index is 1400. The molecule has 0 saturated heterocycles. The van der Waals surface area contributed by atoms with E-state index in [2.05, 4.69) is 142 Å². The molecule has 1 atom stereocenters. The van der Waals surface area contributed by atoms with Crippen molar-refractivity contribution in [3.05, 3.63) is 122 Å². The molecule has 0 aromatic heterocycles. The van der Waals surface area contributed by atoms with Crippen molar-refractivity contribution >= 4 is 17.9 Å². The highest BCUT2D eigenvalue weighted by atomic mass is 16.6. The monoisotopic (exact) mass is 899 g/mol. The highest BCUT2D eigenvalue weighted by molar-refractivity contribution is 5.71. The molecule has 0 saturated carbocycles. The van der Waals surface area contributed by atoms with Crippen LogP contribution >= 0.6 is 0 Å². The number of ether oxygens (including phenoxy) is 3. The summed E-state index contributed by atoms with van der Waals surface area (Å²) in [5.74, 6) is -1.03. The molecule has 0 heterocycles. The minimum Gasteiger partial charge on any atom is -0.462 e. The molecule has 0 fully saturated rings. The van der Waals surface area contributed by atoms with Gasteiger partial charge in [-0.05, 0) is 122 Å². The minimum atomic E-state index is -0.827. The fourth-order valence-corrected chi connectivity index (χ4v) is 6.50. The Labute approximate surface area is 399 Å². The van der Waals surface area contributed by atoms with Crippen molar-refractivity contribution in [2.45, 2.75) is 219 Å². The Morgan fingerprint density at radius 2 is 0.631 bits per heavy atom. The molecule has 0 spiro atoms. The lowest BCUT2D eigenvalue weighted by molar-refractivity contribution is -0.167. The second-order valence-corrected chi connectivity index (χ2v) is 16.7. The normalized spacial score (nSPS) is 13.1. The molecule has 65 heavy (non-hydrogen) atoms. The molecule has 0 radical (unpaired) electrons. The lowest BCUT2D eigenvalue weighted by Gasteiger charge is -2.18. The largest absolute Gasteiger partial charge is 0.462 e. The van der Waals surface area contributed by atoms with Gasteiger partial charge in [0.05, 0.1) is 0 Å². The first kappa shape index (κ1) is 60.8. The van der Waals surface area contributed by atoms with Gasteiger partial charge in [-0.3, -0.25) is 14.4 Å². The Hall–Kier alpha value is -4.19. The van der Waals surface area contributed by atoms with Crippen LogP contribution in [0.5, 0.6) is 0 Å². The number of carbonyl (C=O) groups excluding carboxylic acids is 3. The van der Waals surface area contributed by atoms with Crippen LogP contribution in [-0.4, -0.2) is 37.2 Å². The quantitative estimate of drug-likeness (QED) is 0.0262. The maximum atomic E-state index is 12.8. The fraction of sp³-hybridized carbons (Fsp3) is 0.610. The van der Waals surface area contributed by atoms with Gasteiger partial charge in [0.2, 0.25) is 0 Å². The maximum absolute atomic E-state index is 12.8. The van der Waals surface area contributed by atoms with E-state index in [1.54, 1.807) is 0 Å². The first-order valence-corrected chi connectivity index (χ1v) is 26.0. The average molecular weight is 899 g/mol. The summed E-state index contributed by atoms with van der Waals surface area (Å²) in [4.78, 5) is 37.9.